The van der Waals surface area contributed by atoms with Crippen molar-refractivity contribution in [1.82, 2.24) is 0 Å². The van der Waals surface area contributed by atoms with Crippen LogP contribution in [0.3, 0.4) is 0 Å². The minimum absolute atomic E-state index is 0.142. The summed E-state index contributed by atoms with van der Waals surface area (Å²) in [5.74, 6) is 0. The van der Waals surface area contributed by atoms with E-state index in [1.807, 2.05) is 0 Å². The van der Waals surface area contributed by atoms with Gasteiger partial charge in [-0.2, -0.15) is 0 Å². The van der Waals surface area contributed by atoms with Crippen molar-refractivity contribution in [2.75, 3.05) is 19.8 Å². The third-order valence-electron chi connectivity index (χ3n) is 1.48. The summed E-state index contributed by atoms with van der Waals surface area (Å²) < 4.78 is 5.18. The van der Waals surface area contributed by atoms with Crippen molar-refractivity contribution in [3.05, 3.63) is 0 Å². The number of rotatable bonds is 1. The molecule has 68 valence electrons. The molecule has 0 aromatic heterocycles. The highest BCUT2D eigenvalue weighted by atomic mass is 16.5. The lowest BCUT2D eigenvalue weighted by atomic mass is 10.1. The second-order valence-electron chi connectivity index (χ2n) is 2.49. The third-order valence-corrected chi connectivity index (χ3v) is 1.48. The fourth-order valence-electron chi connectivity index (χ4n) is 0.951. The van der Waals surface area contributed by atoms with Gasteiger partial charge in [-0.15, -0.1) is 0 Å². The van der Waals surface area contributed by atoms with Gasteiger partial charge < -0.3 is 14.9 Å². The number of aliphatic hydroxyl groups excluding tert-OH is 2. The molecule has 1 saturated heterocycles. The molecular weight excluding hydrogens is 144 g/mol. The Kier molecular flexibility index (Phi) is 7.89. The Morgan fingerprint density at radius 3 is 2.27 bits per heavy atom. The van der Waals surface area contributed by atoms with Gasteiger partial charge in [0.1, 0.15) is 0 Å². The van der Waals surface area contributed by atoms with E-state index >= 15 is 0 Å². The Balaban J connectivity index is 0.000000292. The van der Waals surface area contributed by atoms with Crippen LogP contribution in [0.5, 0.6) is 0 Å². The molecule has 0 aliphatic carbocycles. The molecule has 3 nitrogen and oxygen atoms in total. The van der Waals surface area contributed by atoms with Gasteiger partial charge in [-0.1, -0.05) is 0 Å². The van der Waals surface area contributed by atoms with Crippen molar-refractivity contribution in [3.63, 3.8) is 0 Å². The highest BCUT2D eigenvalue weighted by Crippen LogP contribution is 2.10. The van der Waals surface area contributed by atoms with E-state index in [2.05, 4.69) is 0 Å². The summed E-state index contributed by atoms with van der Waals surface area (Å²) in [4.78, 5) is 0. The number of hydrogen-bond donors (Lipinski definition) is 2. The molecule has 2 N–H and O–H groups in total. The molecule has 0 radical (unpaired) electrons. The molecule has 0 aromatic carbocycles. The zero-order chi connectivity index (χ0) is 8.53. The Bertz CT molecular complexity index is 69.7. The summed E-state index contributed by atoms with van der Waals surface area (Å²) in [6, 6.07) is 0. The first kappa shape index (κ1) is 10.9. The summed E-state index contributed by atoms with van der Waals surface area (Å²) in [7, 11) is 0. The molecule has 1 aliphatic rings. The van der Waals surface area contributed by atoms with Gasteiger partial charge in [0.2, 0.25) is 0 Å². The first-order valence-corrected chi connectivity index (χ1v) is 4.18. The van der Waals surface area contributed by atoms with E-state index in [0.29, 0.717) is 0 Å². The summed E-state index contributed by atoms with van der Waals surface area (Å²) in [6.07, 6.45) is 3.56. The molecule has 0 aromatic rings. The number of ether oxygens (including phenoxy) is 1. The number of aliphatic hydroxyl groups is 2. The fraction of sp³-hybridized carbons (Fsp3) is 1.00. The van der Waals surface area contributed by atoms with E-state index in [1.54, 1.807) is 6.92 Å². The van der Waals surface area contributed by atoms with E-state index in [1.165, 1.54) is 6.42 Å². The predicted octanol–water partition coefficient (Wildman–Crippen LogP) is 0.546. The zero-order valence-corrected chi connectivity index (χ0v) is 7.12. The lowest BCUT2D eigenvalue weighted by molar-refractivity contribution is -0.0172. The van der Waals surface area contributed by atoms with Crippen molar-refractivity contribution in [2.45, 2.75) is 32.3 Å². The van der Waals surface area contributed by atoms with Gasteiger partial charge in [-0.05, 0) is 26.2 Å². The van der Waals surface area contributed by atoms with Crippen LogP contribution in [-0.4, -0.2) is 36.1 Å². The smallest absolute Gasteiger partial charge is 0.0805 e. The second kappa shape index (κ2) is 7.98. The van der Waals surface area contributed by atoms with Gasteiger partial charge in [-0.3, -0.25) is 0 Å². The lowest BCUT2D eigenvalue weighted by Crippen LogP contribution is -2.22. The Labute approximate surface area is 68.0 Å². The molecule has 1 heterocycles. The average Bonchev–Trinajstić information content (AvgIpc) is 2.08. The SMILES string of the molecule is CCO.OCC1CCCCO1. The fourth-order valence-corrected chi connectivity index (χ4v) is 0.951. The summed E-state index contributed by atoms with van der Waals surface area (Å²) >= 11 is 0. The van der Waals surface area contributed by atoms with Gasteiger partial charge in [-0.25, -0.2) is 0 Å². The largest absolute Gasteiger partial charge is 0.397 e. The van der Waals surface area contributed by atoms with Crippen molar-refractivity contribution >= 4 is 0 Å². The first-order valence-electron chi connectivity index (χ1n) is 4.18. The lowest BCUT2D eigenvalue weighted by Gasteiger charge is -2.19. The van der Waals surface area contributed by atoms with Gasteiger partial charge in [0.05, 0.1) is 12.7 Å². The minimum Gasteiger partial charge on any atom is -0.397 e. The standard InChI is InChI=1S/C6H12O2.C2H6O/c7-5-6-3-1-2-4-8-6;1-2-3/h6-7H,1-5H2;3H,2H2,1H3. The van der Waals surface area contributed by atoms with Crippen LogP contribution in [0.2, 0.25) is 0 Å². The van der Waals surface area contributed by atoms with Crippen LogP contribution in [0, 0.1) is 0 Å². The van der Waals surface area contributed by atoms with Crippen LogP contribution in [0.4, 0.5) is 0 Å². The maximum atomic E-state index is 8.57. The molecule has 0 saturated carbocycles. The van der Waals surface area contributed by atoms with E-state index in [9.17, 15) is 0 Å². The third kappa shape index (κ3) is 6.28. The van der Waals surface area contributed by atoms with Crippen molar-refractivity contribution in [1.29, 1.82) is 0 Å². The first-order chi connectivity index (χ1) is 5.35. The van der Waals surface area contributed by atoms with Crippen molar-refractivity contribution in [3.8, 4) is 0 Å². The predicted molar refractivity (Wildman–Crippen MR) is 43.4 cm³/mol. The van der Waals surface area contributed by atoms with Gasteiger partial charge in [0.15, 0.2) is 0 Å². The molecule has 1 atom stereocenters. The van der Waals surface area contributed by atoms with Crippen LogP contribution in [0.25, 0.3) is 0 Å². The molecule has 0 amide bonds. The van der Waals surface area contributed by atoms with E-state index < -0.39 is 0 Å². The quantitative estimate of drug-likeness (QED) is 0.592. The molecule has 0 bridgehead atoms. The minimum atomic E-state index is 0.142. The molecule has 3 heteroatoms. The maximum Gasteiger partial charge on any atom is 0.0805 e. The average molecular weight is 162 g/mol. The highest BCUT2D eigenvalue weighted by Gasteiger charge is 2.10. The number of hydrogen-bond acceptors (Lipinski definition) is 3. The normalized spacial score (nSPS) is 23.7. The Hall–Kier alpha value is -0.120. The topological polar surface area (TPSA) is 49.7 Å². The van der Waals surface area contributed by atoms with Crippen molar-refractivity contribution in [2.24, 2.45) is 0 Å². The van der Waals surface area contributed by atoms with Crippen LogP contribution < -0.4 is 0 Å². The van der Waals surface area contributed by atoms with Crippen LogP contribution >= 0.6 is 0 Å². The molecule has 1 aliphatic heterocycles. The summed E-state index contributed by atoms with van der Waals surface area (Å²) in [6.45, 7) is 2.96. The zero-order valence-electron chi connectivity index (χ0n) is 7.12. The van der Waals surface area contributed by atoms with Crippen molar-refractivity contribution < 1.29 is 14.9 Å². The van der Waals surface area contributed by atoms with Gasteiger partial charge >= 0.3 is 0 Å². The second-order valence-corrected chi connectivity index (χ2v) is 2.49. The summed E-state index contributed by atoms with van der Waals surface area (Å²) in [5.41, 5.74) is 0. The van der Waals surface area contributed by atoms with Crippen LogP contribution in [0.1, 0.15) is 26.2 Å². The molecule has 11 heavy (non-hydrogen) atoms. The van der Waals surface area contributed by atoms with E-state index in [0.717, 1.165) is 19.4 Å². The van der Waals surface area contributed by atoms with Crippen LogP contribution in [-0.2, 0) is 4.74 Å². The monoisotopic (exact) mass is 162 g/mol. The molecule has 1 unspecified atom stereocenters. The highest BCUT2D eigenvalue weighted by molar-refractivity contribution is 4.60. The van der Waals surface area contributed by atoms with Gasteiger partial charge in [0, 0.05) is 13.2 Å². The van der Waals surface area contributed by atoms with E-state index in [-0.39, 0.29) is 19.3 Å². The molecule has 0 spiro atoms. The Morgan fingerprint density at radius 1 is 1.36 bits per heavy atom. The van der Waals surface area contributed by atoms with Gasteiger partial charge in [0.25, 0.3) is 0 Å². The molecule has 1 rings (SSSR count). The summed E-state index contributed by atoms with van der Waals surface area (Å²) in [5, 5.41) is 16.1. The van der Waals surface area contributed by atoms with E-state index in [4.69, 9.17) is 14.9 Å². The Morgan fingerprint density at radius 2 is 2.00 bits per heavy atom. The maximum absolute atomic E-state index is 8.57. The molecular formula is C8H18O3. The molecule has 1 fully saturated rings. The van der Waals surface area contributed by atoms with Crippen LogP contribution in [0.15, 0.2) is 0 Å².